The number of ether oxygens (including phenoxy) is 1. The SMILES string of the molecule is CCC1(CC)C(Cl)CC1Oc1cc(F)ccc1F. The molecule has 2 rings (SSSR count). The molecule has 4 heteroatoms. The number of benzene rings is 1. The second kappa shape index (κ2) is 5.04. The van der Waals surface area contributed by atoms with Crippen molar-refractivity contribution in [2.75, 3.05) is 0 Å². The first-order valence-corrected chi connectivity index (χ1v) is 6.73. The monoisotopic (exact) mass is 274 g/mol. The minimum Gasteiger partial charge on any atom is -0.487 e. The first-order chi connectivity index (χ1) is 8.53. The summed E-state index contributed by atoms with van der Waals surface area (Å²) < 4.78 is 32.2. The second-order valence-electron chi connectivity index (χ2n) is 4.82. The van der Waals surface area contributed by atoms with Crippen molar-refractivity contribution in [1.82, 2.24) is 0 Å². The van der Waals surface area contributed by atoms with Gasteiger partial charge < -0.3 is 4.74 Å². The molecule has 1 saturated carbocycles. The summed E-state index contributed by atoms with van der Waals surface area (Å²) in [5.74, 6) is -1.04. The Morgan fingerprint density at radius 2 is 2.00 bits per heavy atom. The lowest BCUT2D eigenvalue weighted by atomic mass is 9.62. The molecule has 0 N–H and O–H groups in total. The number of alkyl halides is 1. The van der Waals surface area contributed by atoms with E-state index in [0.29, 0.717) is 6.42 Å². The van der Waals surface area contributed by atoms with Gasteiger partial charge in [0.2, 0.25) is 0 Å². The van der Waals surface area contributed by atoms with E-state index in [2.05, 4.69) is 13.8 Å². The Hall–Kier alpha value is -0.830. The molecule has 0 bridgehead atoms. The average Bonchev–Trinajstić information content (AvgIpc) is 2.35. The standard InChI is InChI=1S/C14H17ClF2O/c1-3-14(4-2)12(15)8-13(14)18-11-7-9(16)5-6-10(11)17/h5-7,12-13H,3-4,8H2,1-2H3. The Kier molecular flexibility index (Phi) is 3.81. The van der Waals surface area contributed by atoms with Gasteiger partial charge in [-0.2, -0.15) is 0 Å². The van der Waals surface area contributed by atoms with Gasteiger partial charge in [0.1, 0.15) is 11.9 Å². The molecule has 1 aromatic rings. The molecule has 0 aliphatic heterocycles. The third-order valence-corrected chi connectivity index (χ3v) is 4.78. The van der Waals surface area contributed by atoms with Gasteiger partial charge in [0.05, 0.1) is 0 Å². The van der Waals surface area contributed by atoms with Crippen LogP contribution in [0.5, 0.6) is 5.75 Å². The molecule has 1 aliphatic carbocycles. The van der Waals surface area contributed by atoms with Crippen molar-refractivity contribution in [3.63, 3.8) is 0 Å². The maximum atomic E-state index is 13.5. The highest BCUT2D eigenvalue weighted by Gasteiger charge is 2.53. The number of hydrogen-bond acceptors (Lipinski definition) is 1. The number of hydrogen-bond donors (Lipinski definition) is 0. The van der Waals surface area contributed by atoms with Gasteiger partial charge in [-0.05, 0) is 25.0 Å². The van der Waals surface area contributed by atoms with Gasteiger partial charge in [-0.15, -0.1) is 11.6 Å². The van der Waals surface area contributed by atoms with Crippen LogP contribution in [0.3, 0.4) is 0 Å². The zero-order chi connectivity index (χ0) is 13.3. The Labute approximate surface area is 111 Å². The molecule has 0 amide bonds. The van der Waals surface area contributed by atoms with Gasteiger partial charge in [-0.25, -0.2) is 8.78 Å². The molecule has 1 aromatic carbocycles. The van der Waals surface area contributed by atoms with Gasteiger partial charge >= 0.3 is 0 Å². The Bertz CT molecular complexity index is 432. The van der Waals surface area contributed by atoms with Gasteiger partial charge in [0.15, 0.2) is 11.6 Å². The molecule has 0 aromatic heterocycles. The van der Waals surface area contributed by atoms with Crippen LogP contribution in [-0.4, -0.2) is 11.5 Å². The molecule has 100 valence electrons. The molecule has 2 atom stereocenters. The number of rotatable bonds is 4. The minimum atomic E-state index is -0.532. The number of halogens is 3. The normalized spacial score (nSPS) is 25.6. The highest BCUT2D eigenvalue weighted by atomic mass is 35.5. The molecule has 1 aliphatic rings. The minimum absolute atomic E-state index is 0.0187. The van der Waals surface area contributed by atoms with E-state index in [1.807, 2.05) is 0 Å². The Morgan fingerprint density at radius 1 is 1.33 bits per heavy atom. The molecule has 1 fully saturated rings. The van der Waals surface area contributed by atoms with E-state index in [0.717, 1.165) is 31.0 Å². The summed E-state index contributed by atoms with van der Waals surface area (Å²) in [7, 11) is 0. The molecule has 0 saturated heterocycles. The van der Waals surface area contributed by atoms with Crippen molar-refractivity contribution in [2.45, 2.75) is 44.6 Å². The third kappa shape index (κ3) is 2.09. The summed E-state index contributed by atoms with van der Waals surface area (Å²) in [4.78, 5) is 0. The first-order valence-electron chi connectivity index (χ1n) is 6.29. The summed E-state index contributed by atoms with van der Waals surface area (Å²) in [5, 5.41) is 0.0501. The van der Waals surface area contributed by atoms with Gasteiger partial charge in [-0.1, -0.05) is 13.8 Å². The molecular weight excluding hydrogens is 258 g/mol. The Morgan fingerprint density at radius 3 is 2.56 bits per heavy atom. The first kappa shape index (κ1) is 13.6. The quantitative estimate of drug-likeness (QED) is 0.733. The van der Waals surface area contributed by atoms with Crippen LogP contribution in [0.4, 0.5) is 8.78 Å². The van der Waals surface area contributed by atoms with Gasteiger partial charge in [0.25, 0.3) is 0 Å². The van der Waals surface area contributed by atoms with Gasteiger partial charge in [0, 0.05) is 23.3 Å². The van der Waals surface area contributed by atoms with Crippen molar-refractivity contribution >= 4 is 11.6 Å². The summed E-state index contributed by atoms with van der Waals surface area (Å²) in [6.07, 6.45) is 2.30. The fourth-order valence-corrected chi connectivity index (χ4v) is 3.34. The van der Waals surface area contributed by atoms with E-state index < -0.39 is 11.6 Å². The van der Waals surface area contributed by atoms with E-state index in [4.69, 9.17) is 16.3 Å². The van der Waals surface area contributed by atoms with Crippen molar-refractivity contribution < 1.29 is 13.5 Å². The predicted molar refractivity (Wildman–Crippen MR) is 68.0 cm³/mol. The second-order valence-corrected chi connectivity index (χ2v) is 5.35. The van der Waals surface area contributed by atoms with Crippen molar-refractivity contribution in [2.24, 2.45) is 5.41 Å². The largest absolute Gasteiger partial charge is 0.487 e. The lowest BCUT2D eigenvalue weighted by Gasteiger charge is -2.52. The summed E-state index contributed by atoms with van der Waals surface area (Å²) in [5.41, 5.74) is -0.125. The zero-order valence-electron chi connectivity index (χ0n) is 10.6. The van der Waals surface area contributed by atoms with E-state index in [-0.39, 0.29) is 22.6 Å². The van der Waals surface area contributed by atoms with Crippen LogP contribution in [0.25, 0.3) is 0 Å². The molecule has 2 unspecified atom stereocenters. The van der Waals surface area contributed by atoms with E-state index in [9.17, 15) is 8.78 Å². The highest BCUT2D eigenvalue weighted by Crippen LogP contribution is 2.52. The fourth-order valence-electron chi connectivity index (χ4n) is 2.73. The lowest BCUT2D eigenvalue weighted by molar-refractivity contribution is -0.0481. The van der Waals surface area contributed by atoms with Crippen molar-refractivity contribution in [3.05, 3.63) is 29.8 Å². The van der Waals surface area contributed by atoms with E-state index >= 15 is 0 Å². The van der Waals surface area contributed by atoms with Gasteiger partial charge in [-0.3, -0.25) is 0 Å². The van der Waals surface area contributed by atoms with E-state index in [1.54, 1.807) is 0 Å². The van der Waals surface area contributed by atoms with Crippen LogP contribution in [0.2, 0.25) is 0 Å². The van der Waals surface area contributed by atoms with Crippen LogP contribution < -0.4 is 4.74 Å². The maximum absolute atomic E-state index is 13.5. The molecule has 1 nitrogen and oxygen atoms in total. The van der Waals surface area contributed by atoms with Crippen molar-refractivity contribution in [3.8, 4) is 5.75 Å². The van der Waals surface area contributed by atoms with Crippen LogP contribution >= 0.6 is 11.6 Å². The van der Waals surface area contributed by atoms with Crippen LogP contribution in [0, 0.1) is 17.0 Å². The summed E-state index contributed by atoms with van der Waals surface area (Å²) in [6, 6.07) is 3.26. The topological polar surface area (TPSA) is 9.23 Å². The average molecular weight is 275 g/mol. The summed E-state index contributed by atoms with van der Waals surface area (Å²) in [6.45, 7) is 4.10. The fraction of sp³-hybridized carbons (Fsp3) is 0.571. The molecule has 0 radical (unpaired) electrons. The predicted octanol–water partition coefficient (Wildman–Crippen LogP) is 4.53. The molecule has 0 spiro atoms. The van der Waals surface area contributed by atoms with Crippen LogP contribution in [0.1, 0.15) is 33.1 Å². The third-order valence-electron chi connectivity index (χ3n) is 4.17. The Balaban J connectivity index is 2.17. The lowest BCUT2D eigenvalue weighted by Crippen LogP contribution is -2.56. The maximum Gasteiger partial charge on any atom is 0.165 e. The highest BCUT2D eigenvalue weighted by molar-refractivity contribution is 6.21. The molecule has 18 heavy (non-hydrogen) atoms. The van der Waals surface area contributed by atoms with Crippen LogP contribution in [0.15, 0.2) is 18.2 Å². The molecular formula is C14H17ClF2O. The molecule has 0 heterocycles. The summed E-state index contributed by atoms with van der Waals surface area (Å²) >= 11 is 6.26. The van der Waals surface area contributed by atoms with Crippen molar-refractivity contribution in [1.29, 1.82) is 0 Å². The van der Waals surface area contributed by atoms with E-state index in [1.165, 1.54) is 0 Å². The smallest absolute Gasteiger partial charge is 0.165 e. The zero-order valence-corrected chi connectivity index (χ0v) is 11.3. The van der Waals surface area contributed by atoms with Crippen LogP contribution in [-0.2, 0) is 0 Å².